The summed E-state index contributed by atoms with van der Waals surface area (Å²) in [6, 6.07) is 22.9. The van der Waals surface area contributed by atoms with E-state index in [1.165, 1.54) is 54.2 Å². The number of ether oxygens (including phenoxy) is 2. The normalized spacial score (nSPS) is 19.1. The van der Waals surface area contributed by atoms with E-state index < -0.39 is 16.1 Å². The van der Waals surface area contributed by atoms with Gasteiger partial charge in [0, 0.05) is 22.3 Å². The molecule has 0 fully saturated rings. The summed E-state index contributed by atoms with van der Waals surface area (Å²) in [6.07, 6.45) is 0. The smallest absolute Gasteiger partial charge is 0.217 e. The van der Waals surface area contributed by atoms with Crippen LogP contribution in [0.5, 0.6) is 0 Å². The van der Waals surface area contributed by atoms with E-state index in [1.54, 1.807) is 0 Å². The molecule has 4 aromatic rings. The molecule has 0 unspecified atom stereocenters. The number of benzene rings is 4. The van der Waals surface area contributed by atoms with Gasteiger partial charge in [-0.3, -0.25) is 0 Å². The summed E-state index contributed by atoms with van der Waals surface area (Å²) in [6.45, 7) is 24.8. The van der Waals surface area contributed by atoms with Crippen molar-refractivity contribution in [1.82, 2.24) is 0 Å². The Morgan fingerprint density at radius 1 is 0.568 bits per heavy atom. The zero-order valence-corrected chi connectivity index (χ0v) is 30.2. The fourth-order valence-electron chi connectivity index (χ4n) is 6.58. The second-order valence-corrected chi connectivity index (χ2v) is 25.5. The first kappa shape index (κ1) is 30.8. The highest BCUT2D eigenvalue weighted by Crippen LogP contribution is 2.41. The maximum absolute atomic E-state index is 6.60. The lowest BCUT2D eigenvalue weighted by atomic mass is 9.86. The van der Waals surface area contributed by atoms with Gasteiger partial charge in [-0.15, -0.1) is 0 Å². The third-order valence-corrected chi connectivity index (χ3v) is 13.3. The van der Waals surface area contributed by atoms with Crippen molar-refractivity contribution in [3.63, 3.8) is 0 Å². The number of hydrogen-bond donors (Lipinski definition) is 0. The molecule has 44 heavy (non-hydrogen) atoms. The second kappa shape index (κ2) is 11.3. The molecule has 0 radical (unpaired) electrons. The molecule has 0 spiro atoms. The number of fused-ring (bicyclic) bond motifs is 2. The van der Waals surface area contributed by atoms with Crippen molar-refractivity contribution in [3.05, 3.63) is 71.8 Å². The summed E-state index contributed by atoms with van der Waals surface area (Å²) in [5.41, 5.74) is 4.77. The monoisotopic (exact) mass is 620 g/mol. The van der Waals surface area contributed by atoms with E-state index in [-0.39, 0.29) is 12.1 Å². The van der Waals surface area contributed by atoms with Crippen LogP contribution in [0.2, 0.25) is 39.3 Å². The van der Waals surface area contributed by atoms with Crippen molar-refractivity contribution < 1.29 is 9.47 Å². The van der Waals surface area contributed by atoms with Gasteiger partial charge in [0.1, 0.15) is 13.2 Å². The van der Waals surface area contributed by atoms with Crippen molar-refractivity contribution in [2.24, 2.45) is 21.8 Å². The summed E-state index contributed by atoms with van der Waals surface area (Å²) < 4.78 is 13.2. The van der Waals surface area contributed by atoms with Crippen LogP contribution in [0.25, 0.3) is 32.7 Å². The molecule has 4 aromatic carbocycles. The summed E-state index contributed by atoms with van der Waals surface area (Å²) in [5.74, 6) is 2.41. The van der Waals surface area contributed by atoms with Gasteiger partial charge in [-0.1, -0.05) is 128 Å². The van der Waals surface area contributed by atoms with Gasteiger partial charge in [0.15, 0.2) is 0 Å². The standard InChI is InChI=1S/C38H48N2O2Si2/c1-23(2)29-21-41-37(39-29)35-31(43(5,6)7)19-25-15-11-13-17-27(25)33(35)34-28-18-14-12-16-26(28)20-32(44(8,9)10)36(34)38-40-30(22-42-38)24(3)4/h11-20,23-24,29-30H,21-22H2,1-10H3/t29-,30-/m1/s1. The molecule has 2 aliphatic rings. The van der Waals surface area contributed by atoms with Gasteiger partial charge in [-0.05, 0) is 43.8 Å². The first-order chi connectivity index (χ1) is 20.8. The SMILES string of the molecule is CC(C)[C@H]1COC(c2c([Si](C)(C)C)cc3ccccc3c2-c2c(C3=N[C@@H](C(C)C)CO3)c([Si](C)(C)C)cc3ccccc23)=N1. The zero-order valence-electron chi connectivity index (χ0n) is 28.2. The minimum Gasteiger partial charge on any atom is -0.475 e. The van der Waals surface area contributed by atoms with Crippen LogP contribution < -0.4 is 10.4 Å². The predicted molar refractivity (Wildman–Crippen MR) is 195 cm³/mol. The number of aliphatic imine (C=N–C) groups is 2. The molecular formula is C38H48N2O2Si2. The fourth-order valence-corrected chi connectivity index (χ4v) is 9.72. The lowest BCUT2D eigenvalue weighted by Crippen LogP contribution is -2.43. The zero-order chi connectivity index (χ0) is 31.6. The van der Waals surface area contributed by atoms with E-state index in [4.69, 9.17) is 19.5 Å². The number of nitrogens with zero attached hydrogens (tertiary/aromatic N) is 2. The molecule has 0 saturated carbocycles. The summed E-state index contributed by atoms with van der Waals surface area (Å²) in [5, 5.41) is 7.73. The van der Waals surface area contributed by atoms with Crippen LogP contribution in [0.15, 0.2) is 70.6 Å². The van der Waals surface area contributed by atoms with Crippen molar-refractivity contribution >= 4 is 59.9 Å². The van der Waals surface area contributed by atoms with Crippen LogP contribution in [0.3, 0.4) is 0 Å². The highest BCUT2D eigenvalue weighted by Gasteiger charge is 2.37. The molecule has 0 bridgehead atoms. The molecule has 0 saturated heterocycles. The lowest BCUT2D eigenvalue weighted by Gasteiger charge is -2.29. The Labute approximate surface area is 265 Å². The molecule has 4 nitrogen and oxygen atoms in total. The minimum absolute atomic E-state index is 0.151. The topological polar surface area (TPSA) is 43.2 Å². The van der Waals surface area contributed by atoms with Gasteiger partial charge in [0.05, 0.1) is 28.2 Å². The molecule has 6 rings (SSSR count). The van der Waals surface area contributed by atoms with E-state index in [0.29, 0.717) is 25.0 Å². The molecular weight excluding hydrogens is 573 g/mol. The Balaban J connectivity index is 1.86. The van der Waals surface area contributed by atoms with Gasteiger partial charge >= 0.3 is 0 Å². The molecule has 2 atom stereocenters. The Kier molecular flexibility index (Phi) is 7.90. The van der Waals surface area contributed by atoms with Gasteiger partial charge in [-0.25, -0.2) is 9.98 Å². The van der Waals surface area contributed by atoms with Crippen LogP contribution >= 0.6 is 0 Å². The molecule has 2 aliphatic heterocycles. The lowest BCUT2D eigenvalue weighted by molar-refractivity contribution is 0.291. The van der Waals surface area contributed by atoms with Gasteiger partial charge in [0.25, 0.3) is 0 Å². The summed E-state index contributed by atoms with van der Waals surface area (Å²) >= 11 is 0. The number of hydrogen-bond acceptors (Lipinski definition) is 4. The van der Waals surface area contributed by atoms with Crippen molar-refractivity contribution in [2.75, 3.05) is 13.2 Å². The summed E-state index contributed by atoms with van der Waals surface area (Å²) in [7, 11) is -3.76. The molecule has 230 valence electrons. The third kappa shape index (κ3) is 5.45. The van der Waals surface area contributed by atoms with Crippen LogP contribution in [0, 0.1) is 11.8 Å². The van der Waals surface area contributed by atoms with Crippen molar-refractivity contribution in [3.8, 4) is 11.1 Å². The minimum atomic E-state index is -1.88. The van der Waals surface area contributed by atoms with Gasteiger partial charge < -0.3 is 9.47 Å². The largest absolute Gasteiger partial charge is 0.475 e. The predicted octanol–water partition coefficient (Wildman–Crippen LogP) is 8.35. The maximum Gasteiger partial charge on any atom is 0.217 e. The number of rotatable bonds is 7. The maximum atomic E-state index is 6.60. The van der Waals surface area contributed by atoms with Crippen molar-refractivity contribution in [1.29, 1.82) is 0 Å². The average molecular weight is 621 g/mol. The van der Waals surface area contributed by atoms with Crippen LogP contribution in [0.1, 0.15) is 38.8 Å². The van der Waals surface area contributed by atoms with E-state index in [0.717, 1.165) is 11.8 Å². The molecule has 2 heterocycles. The first-order valence-electron chi connectivity index (χ1n) is 16.3. The molecule has 0 aliphatic carbocycles. The fraction of sp³-hybridized carbons (Fsp3) is 0.421. The Bertz CT molecular complexity index is 1670. The van der Waals surface area contributed by atoms with E-state index in [9.17, 15) is 0 Å². The van der Waals surface area contributed by atoms with E-state index in [1.807, 2.05) is 0 Å². The molecule has 0 aromatic heterocycles. The Morgan fingerprint density at radius 3 is 1.25 bits per heavy atom. The highest BCUT2D eigenvalue weighted by molar-refractivity contribution is 6.90. The first-order valence-corrected chi connectivity index (χ1v) is 23.3. The van der Waals surface area contributed by atoms with Crippen LogP contribution in [-0.2, 0) is 9.47 Å². The van der Waals surface area contributed by atoms with Crippen LogP contribution in [-0.4, -0.2) is 53.2 Å². The molecule has 6 heteroatoms. The summed E-state index contributed by atoms with van der Waals surface area (Å²) in [4.78, 5) is 10.6. The van der Waals surface area contributed by atoms with Gasteiger partial charge in [-0.2, -0.15) is 0 Å². The second-order valence-electron chi connectivity index (χ2n) is 15.4. The van der Waals surface area contributed by atoms with Gasteiger partial charge in [0.2, 0.25) is 11.8 Å². The highest BCUT2D eigenvalue weighted by atomic mass is 28.3. The quantitative estimate of drug-likeness (QED) is 0.195. The van der Waals surface area contributed by atoms with Crippen molar-refractivity contribution in [2.45, 2.75) is 79.1 Å². The Hall–Kier alpha value is -3.23. The molecule has 0 amide bonds. The molecule has 0 N–H and O–H groups in total. The third-order valence-electron chi connectivity index (χ3n) is 9.28. The van der Waals surface area contributed by atoms with E-state index >= 15 is 0 Å². The Morgan fingerprint density at radius 2 is 0.932 bits per heavy atom. The van der Waals surface area contributed by atoms with Crippen LogP contribution in [0.4, 0.5) is 0 Å². The average Bonchev–Trinajstić information content (AvgIpc) is 3.65. The van der Waals surface area contributed by atoms with E-state index in [2.05, 4.69) is 128 Å².